The monoisotopic (exact) mass is 331 g/mol. The van der Waals surface area contributed by atoms with Crippen LogP contribution in [0.2, 0.25) is 5.02 Å². The van der Waals surface area contributed by atoms with E-state index >= 15 is 0 Å². The molecule has 0 unspecified atom stereocenters. The van der Waals surface area contributed by atoms with Crippen molar-refractivity contribution in [3.8, 4) is 5.75 Å². The number of ether oxygens (including phenoxy) is 1. The van der Waals surface area contributed by atoms with Crippen molar-refractivity contribution in [3.05, 3.63) is 53.1 Å². The van der Waals surface area contributed by atoms with Gasteiger partial charge in [-0.15, -0.1) is 0 Å². The van der Waals surface area contributed by atoms with E-state index in [2.05, 4.69) is 9.97 Å². The smallest absolute Gasteiger partial charge is 0.255 e. The van der Waals surface area contributed by atoms with Crippen LogP contribution in [0.1, 0.15) is 28.9 Å². The zero-order chi connectivity index (χ0) is 16.2. The van der Waals surface area contributed by atoms with Gasteiger partial charge in [-0.1, -0.05) is 11.6 Å². The molecule has 5 nitrogen and oxygen atoms in total. The summed E-state index contributed by atoms with van der Waals surface area (Å²) in [5.74, 6) is 0.614. The van der Waals surface area contributed by atoms with Gasteiger partial charge in [0.2, 0.25) is 0 Å². The quantitative estimate of drug-likeness (QED) is 0.867. The summed E-state index contributed by atoms with van der Waals surface area (Å²) in [7, 11) is 0. The highest BCUT2D eigenvalue weighted by atomic mass is 35.5. The molecule has 2 aromatic rings. The number of rotatable bonds is 3. The molecule has 0 saturated carbocycles. The number of halogens is 1. The van der Waals surface area contributed by atoms with Crippen molar-refractivity contribution in [2.24, 2.45) is 0 Å². The largest absolute Gasteiger partial charge is 0.487 e. The van der Waals surface area contributed by atoms with Crippen LogP contribution >= 0.6 is 11.6 Å². The third kappa shape index (κ3) is 3.62. The Bertz CT molecular complexity index is 708. The predicted molar refractivity (Wildman–Crippen MR) is 87.8 cm³/mol. The number of piperidine rings is 1. The second-order valence-corrected chi connectivity index (χ2v) is 5.98. The molecule has 0 radical (unpaired) electrons. The van der Waals surface area contributed by atoms with Gasteiger partial charge in [-0.05, 0) is 31.9 Å². The molecule has 3 heterocycles. The van der Waals surface area contributed by atoms with Gasteiger partial charge in [0.1, 0.15) is 16.9 Å². The van der Waals surface area contributed by atoms with Gasteiger partial charge >= 0.3 is 0 Å². The topological polar surface area (TPSA) is 55.3 Å². The van der Waals surface area contributed by atoms with Gasteiger partial charge in [-0.25, -0.2) is 0 Å². The third-order valence-electron chi connectivity index (χ3n) is 3.93. The van der Waals surface area contributed by atoms with Gasteiger partial charge < -0.3 is 9.64 Å². The normalized spacial score (nSPS) is 17.8. The van der Waals surface area contributed by atoms with Crippen LogP contribution in [0.3, 0.4) is 0 Å². The maximum atomic E-state index is 12.7. The van der Waals surface area contributed by atoms with Crippen molar-refractivity contribution < 1.29 is 9.53 Å². The number of nitrogens with zero attached hydrogens (tertiary/aromatic N) is 3. The number of pyridine rings is 2. The molecular weight excluding hydrogens is 314 g/mol. The summed E-state index contributed by atoms with van der Waals surface area (Å²) in [6.45, 7) is 3.13. The van der Waals surface area contributed by atoms with Crippen molar-refractivity contribution in [2.45, 2.75) is 25.9 Å². The molecule has 1 atom stereocenters. The summed E-state index contributed by atoms with van der Waals surface area (Å²) in [6.07, 6.45) is 6.63. The van der Waals surface area contributed by atoms with E-state index in [9.17, 15) is 4.79 Å². The molecule has 1 aliphatic rings. The summed E-state index contributed by atoms with van der Waals surface area (Å²) in [5, 5.41) is 0.485. The van der Waals surface area contributed by atoms with Crippen molar-refractivity contribution >= 4 is 17.5 Å². The molecule has 1 saturated heterocycles. The number of likely N-dealkylation sites (tertiary alicyclic amines) is 1. The molecule has 0 bridgehead atoms. The van der Waals surface area contributed by atoms with Crippen molar-refractivity contribution in [2.75, 3.05) is 13.1 Å². The van der Waals surface area contributed by atoms with E-state index in [4.69, 9.17) is 16.3 Å². The molecule has 1 amide bonds. The highest BCUT2D eigenvalue weighted by molar-refractivity contribution is 6.31. The minimum atomic E-state index is -0.0652. The Morgan fingerprint density at radius 2 is 2.26 bits per heavy atom. The van der Waals surface area contributed by atoms with E-state index in [0.29, 0.717) is 22.9 Å². The number of carbonyl (C=O) groups excluding carboxylic acids is 1. The van der Waals surface area contributed by atoms with Gasteiger partial charge in [0, 0.05) is 36.9 Å². The van der Waals surface area contributed by atoms with E-state index in [0.717, 1.165) is 25.1 Å². The standard InChI is InChI=1S/C17H18ClN3O2/c1-12-14(5-2-7-20-12)17(22)21-9-3-4-13(11-21)23-16-6-8-19-10-15(16)18/h2,5-8,10,13H,3-4,9,11H2,1H3/t13-/m0/s1. The third-order valence-corrected chi connectivity index (χ3v) is 4.22. The van der Waals surface area contributed by atoms with Gasteiger partial charge in [0.15, 0.2) is 0 Å². The second-order valence-electron chi connectivity index (χ2n) is 5.58. The molecule has 23 heavy (non-hydrogen) atoms. The molecule has 3 rings (SSSR count). The van der Waals surface area contributed by atoms with Crippen LogP contribution in [0.5, 0.6) is 5.75 Å². The van der Waals surface area contributed by atoms with Crippen LogP contribution in [0.25, 0.3) is 0 Å². The first-order valence-electron chi connectivity index (χ1n) is 7.62. The van der Waals surface area contributed by atoms with Crippen molar-refractivity contribution in [1.29, 1.82) is 0 Å². The van der Waals surface area contributed by atoms with Crippen LogP contribution in [0.15, 0.2) is 36.8 Å². The van der Waals surface area contributed by atoms with Gasteiger partial charge in [0.25, 0.3) is 5.91 Å². The fraction of sp³-hybridized carbons (Fsp3) is 0.353. The van der Waals surface area contributed by atoms with Crippen LogP contribution in [-0.2, 0) is 0 Å². The number of hydrogen-bond donors (Lipinski definition) is 0. The zero-order valence-electron chi connectivity index (χ0n) is 12.9. The summed E-state index contributed by atoms with van der Waals surface area (Å²) in [5.41, 5.74) is 1.40. The number of amides is 1. The van der Waals surface area contributed by atoms with E-state index in [1.54, 1.807) is 30.7 Å². The Morgan fingerprint density at radius 1 is 1.39 bits per heavy atom. The molecule has 6 heteroatoms. The van der Waals surface area contributed by atoms with E-state index in [1.807, 2.05) is 17.9 Å². The molecule has 0 aromatic carbocycles. The molecular formula is C17H18ClN3O2. The fourth-order valence-electron chi connectivity index (χ4n) is 2.74. The van der Waals surface area contributed by atoms with E-state index in [1.165, 1.54) is 0 Å². The molecule has 1 aliphatic heterocycles. The lowest BCUT2D eigenvalue weighted by Gasteiger charge is -2.33. The maximum Gasteiger partial charge on any atom is 0.255 e. The Kier molecular flexibility index (Phi) is 4.76. The highest BCUT2D eigenvalue weighted by Crippen LogP contribution is 2.26. The number of aromatic nitrogens is 2. The molecule has 1 fully saturated rings. The second kappa shape index (κ2) is 6.96. The Balaban J connectivity index is 1.70. The molecule has 0 N–H and O–H groups in total. The van der Waals surface area contributed by atoms with Crippen LogP contribution in [0, 0.1) is 6.92 Å². The number of hydrogen-bond acceptors (Lipinski definition) is 4. The zero-order valence-corrected chi connectivity index (χ0v) is 13.7. The van der Waals surface area contributed by atoms with Gasteiger partial charge in [-0.3, -0.25) is 14.8 Å². The lowest BCUT2D eigenvalue weighted by atomic mass is 10.1. The predicted octanol–water partition coefficient (Wildman–Crippen LogP) is 3.12. The lowest BCUT2D eigenvalue weighted by molar-refractivity contribution is 0.0537. The number of aryl methyl sites for hydroxylation is 1. The lowest BCUT2D eigenvalue weighted by Crippen LogP contribution is -2.44. The first-order valence-corrected chi connectivity index (χ1v) is 8.00. The Morgan fingerprint density at radius 3 is 3.04 bits per heavy atom. The minimum Gasteiger partial charge on any atom is -0.487 e. The average Bonchev–Trinajstić information content (AvgIpc) is 2.57. The maximum absolute atomic E-state index is 12.7. The first kappa shape index (κ1) is 15.7. The van der Waals surface area contributed by atoms with Crippen molar-refractivity contribution in [1.82, 2.24) is 14.9 Å². The summed E-state index contributed by atoms with van der Waals surface area (Å²) < 4.78 is 5.95. The molecule has 2 aromatic heterocycles. The van der Waals surface area contributed by atoms with Crippen LogP contribution in [0.4, 0.5) is 0 Å². The van der Waals surface area contributed by atoms with Crippen LogP contribution < -0.4 is 4.74 Å². The molecule has 0 spiro atoms. The molecule has 0 aliphatic carbocycles. The van der Waals surface area contributed by atoms with Crippen molar-refractivity contribution in [3.63, 3.8) is 0 Å². The average molecular weight is 332 g/mol. The van der Waals surface area contributed by atoms with Crippen LogP contribution in [-0.4, -0.2) is 40.0 Å². The summed E-state index contributed by atoms with van der Waals surface area (Å²) in [6, 6.07) is 5.35. The van der Waals surface area contributed by atoms with E-state index < -0.39 is 0 Å². The Labute approximate surface area is 140 Å². The van der Waals surface area contributed by atoms with Gasteiger partial charge in [0.05, 0.1) is 12.1 Å². The highest BCUT2D eigenvalue weighted by Gasteiger charge is 2.27. The van der Waals surface area contributed by atoms with E-state index in [-0.39, 0.29) is 12.0 Å². The van der Waals surface area contributed by atoms with Gasteiger partial charge in [-0.2, -0.15) is 0 Å². The Hall–Kier alpha value is -2.14. The fourth-order valence-corrected chi connectivity index (χ4v) is 2.90. The summed E-state index contributed by atoms with van der Waals surface area (Å²) in [4.78, 5) is 22.6. The summed E-state index contributed by atoms with van der Waals surface area (Å²) >= 11 is 6.08. The number of carbonyl (C=O) groups is 1. The minimum absolute atomic E-state index is 0.00438. The SMILES string of the molecule is Cc1ncccc1C(=O)N1CCC[C@H](Oc2ccncc2Cl)C1. The first-order chi connectivity index (χ1) is 11.1. The molecule has 120 valence electrons.